The third kappa shape index (κ3) is 3.82. The van der Waals surface area contributed by atoms with E-state index in [1.165, 1.54) is 25.3 Å². The summed E-state index contributed by atoms with van der Waals surface area (Å²) in [5, 5.41) is 50.5. The molecule has 0 radical (unpaired) electrons. The van der Waals surface area contributed by atoms with Crippen LogP contribution in [0.5, 0.6) is 17.2 Å². The Kier molecular flexibility index (Phi) is 5.72. The Morgan fingerprint density at radius 1 is 1.10 bits per heavy atom. The molecule has 5 N–H and O–H groups in total. The molecule has 0 aliphatic heterocycles. The quantitative estimate of drug-likeness (QED) is 0.295. The van der Waals surface area contributed by atoms with Crippen molar-refractivity contribution in [3.63, 3.8) is 0 Å². The molecule has 0 saturated carbocycles. The highest BCUT2D eigenvalue weighted by molar-refractivity contribution is 6.08. The summed E-state index contributed by atoms with van der Waals surface area (Å²) >= 11 is 0. The number of aliphatic hydroxyl groups is 1. The number of hydrogen-bond acceptors (Lipinski definition) is 9. The van der Waals surface area contributed by atoms with Crippen LogP contribution in [-0.2, 0) is 0 Å². The number of carboxylic acid groups (broad SMARTS) is 1. The SMILES string of the molecule is Cc1c(O)c(/C=N/CC(O)CN(C)C)c2nc3c(O)ccc(C(=O)O)c3nc2c1O. The maximum atomic E-state index is 11.5. The predicted octanol–water partition coefficient (Wildman–Crippen LogP) is 1.25. The van der Waals surface area contributed by atoms with Gasteiger partial charge in [0.05, 0.1) is 23.8 Å². The summed E-state index contributed by atoms with van der Waals surface area (Å²) in [7, 11) is 3.63. The number of aliphatic hydroxyl groups excluding tert-OH is 1. The van der Waals surface area contributed by atoms with Crippen LogP contribution in [0, 0.1) is 6.92 Å². The van der Waals surface area contributed by atoms with E-state index in [-0.39, 0.29) is 62.6 Å². The number of phenols is 3. The lowest BCUT2D eigenvalue weighted by Gasteiger charge is -2.14. The maximum Gasteiger partial charge on any atom is 0.337 e. The van der Waals surface area contributed by atoms with Crippen LogP contribution in [0.3, 0.4) is 0 Å². The number of benzene rings is 2. The van der Waals surface area contributed by atoms with Crippen molar-refractivity contribution in [3.05, 3.63) is 28.8 Å². The zero-order valence-corrected chi connectivity index (χ0v) is 16.7. The lowest BCUT2D eigenvalue weighted by Crippen LogP contribution is -2.27. The number of carbonyl (C=O) groups is 1. The van der Waals surface area contributed by atoms with Crippen molar-refractivity contribution in [1.29, 1.82) is 0 Å². The Morgan fingerprint density at radius 2 is 1.77 bits per heavy atom. The molecule has 10 heteroatoms. The molecule has 1 atom stereocenters. The summed E-state index contributed by atoms with van der Waals surface area (Å²) in [6.45, 7) is 1.93. The van der Waals surface area contributed by atoms with Gasteiger partial charge in [-0.25, -0.2) is 14.8 Å². The second-order valence-electron chi connectivity index (χ2n) is 7.20. The molecule has 0 saturated heterocycles. The van der Waals surface area contributed by atoms with Crippen molar-refractivity contribution in [2.24, 2.45) is 4.99 Å². The third-order valence-corrected chi connectivity index (χ3v) is 4.59. The summed E-state index contributed by atoms with van der Waals surface area (Å²) in [5.41, 5.74) is -0.139. The van der Waals surface area contributed by atoms with Gasteiger partial charge in [0.1, 0.15) is 39.3 Å². The minimum Gasteiger partial charge on any atom is -0.507 e. The first-order chi connectivity index (χ1) is 14.1. The van der Waals surface area contributed by atoms with Crippen LogP contribution in [0.15, 0.2) is 17.1 Å². The number of aromatic carboxylic acids is 1. The van der Waals surface area contributed by atoms with Gasteiger partial charge in [-0.2, -0.15) is 0 Å². The highest BCUT2D eigenvalue weighted by atomic mass is 16.4. The van der Waals surface area contributed by atoms with E-state index in [1.807, 2.05) is 14.1 Å². The normalized spacial score (nSPS) is 13.0. The highest BCUT2D eigenvalue weighted by Crippen LogP contribution is 2.38. The topological polar surface area (TPSA) is 160 Å². The van der Waals surface area contributed by atoms with E-state index in [4.69, 9.17) is 0 Å². The average Bonchev–Trinajstić information content (AvgIpc) is 2.67. The van der Waals surface area contributed by atoms with E-state index in [0.717, 1.165) is 0 Å². The van der Waals surface area contributed by atoms with Crippen LogP contribution >= 0.6 is 0 Å². The maximum absolute atomic E-state index is 11.5. The molecule has 1 heterocycles. The van der Waals surface area contributed by atoms with Crippen LogP contribution in [0.1, 0.15) is 21.5 Å². The van der Waals surface area contributed by atoms with E-state index in [2.05, 4.69) is 15.0 Å². The zero-order chi connectivity index (χ0) is 22.2. The summed E-state index contributed by atoms with van der Waals surface area (Å²) in [6.07, 6.45) is 0.582. The number of nitrogens with zero attached hydrogens (tertiary/aromatic N) is 4. The number of phenolic OH excluding ortho intramolecular Hbond substituents is 3. The molecule has 0 amide bonds. The minimum absolute atomic E-state index is 0.0341. The average molecular weight is 414 g/mol. The van der Waals surface area contributed by atoms with Gasteiger partial charge in [-0.05, 0) is 33.2 Å². The van der Waals surface area contributed by atoms with Gasteiger partial charge in [-0.1, -0.05) is 0 Å². The first-order valence-electron chi connectivity index (χ1n) is 9.05. The number of aromatic hydroxyl groups is 3. The number of aromatic nitrogens is 2. The molecule has 158 valence electrons. The van der Waals surface area contributed by atoms with E-state index < -0.39 is 12.1 Å². The molecule has 3 rings (SSSR count). The highest BCUT2D eigenvalue weighted by Gasteiger charge is 2.21. The van der Waals surface area contributed by atoms with Gasteiger partial charge in [0.2, 0.25) is 0 Å². The number of aliphatic imine (C=N–C) groups is 1. The predicted molar refractivity (Wildman–Crippen MR) is 111 cm³/mol. The number of likely N-dealkylation sites (N-methyl/N-ethyl adjacent to an activating group) is 1. The lowest BCUT2D eigenvalue weighted by atomic mass is 10.0. The van der Waals surface area contributed by atoms with Crippen LogP contribution in [0.25, 0.3) is 22.1 Å². The summed E-state index contributed by atoms with van der Waals surface area (Å²) in [6, 6.07) is 2.38. The van der Waals surface area contributed by atoms with Crippen LogP contribution in [-0.4, -0.2) is 85.9 Å². The standard InChI is InChI=1S/C20H22N4O6/c1-9-18(27)12(7-21-6-10(25)8-24(2)3)15-17(19(9)28)23-14-11(20(29)30)4-5-13(26)16(14)22-15/h4-5,7,10,25-28H,6,8H2,1-3H3,(H,29,30)/b21-7+. The van der Waals surface area contributed by atoms with Gasteiger partial charge < -0.3 is 30.4 Å². The van der Waals surface area contributed by atoms with E-state index in [0.29, 0.717) is 6.54 Å². The monoisotopic (exact) mass is 414 g/mol. The van der Waals surface area contributed by atoms with Gasteiger partial charge in [-0.3, -0.25) is 4.99 Å². The van der Waals surface area contributed by atoms with Crippen molar-refractivity contribution in [1.82, 2.24) is 14.9 Å². The molecule has 0 bridgehead atoms. The molecule has 0 aliphatic carbocycles. The lowest BCUT2D eigenvalue weighted by molar-refractivity contribution is 0.0698. The Morgan fingerprint density at radius 3 is 2.40 bits per heavy atom. The van der Waals surface area contributed by atoms with Crippen molar-refractivity contribution < 1.29 is 30.3 Å². The van der Waals surface area contributed by atoms with Gasteiger partial charge in [0.25, 0.3) is 0 Å². The molecule has 3 aromatic rings. The van der Waals surface area contributed by atoms with E-state index in [9.17, 15) is 30.3 Å². The Balaban J connectivity index is 2.23. The fourth-order valence-electron chi connectivity index (χ4n) is 3.12. The number of hydrogen-bond donors (Lipinski definition) is 5. The molecule has 0 spiro atoms. The first kappa shape index (κ1) is 21.2. The van der Waals surface area contributed by atoms with E-state index in [1.54, 1.807) is 4.90 Å². The summed E-state index contributed by atoms with van der Waals surface area (Å²) < 4.78 is 0. The molecule has 30 heavy (non-hydrogen) atoms. The molecule has 10 nitrogen and oxygen atoms in total. The fourth-order valence-corrected chi connectivity index (χ4v) is 3.12. The first-order valence-corrected chi connectivity index (χ1v) is 9.05. The van der Waals surface area contributed by atoms with Crippen LogP contribution in [0.2, 0.25) is 0 Å². The number of fused-ring (bicyclic) bond motifs is 2. The van der Waals surface area contributed by atoms with Gasteiger partial charge in [0.15, 0.2) is 0 Å². The van der Waals surface area contributed by atoms with Gasteiger partial charge in [0, 0.05) is 18.3 Å². The minimum atomic E-state index is -1.26. The van der Waals surface area contributed by atoms with Gasteiger partial charge in [-0.15, -0.1) is 0 Å². The largest absolute Gasteiger partial charge is 0.507 e. The van der Waals surface area contributed by atoms with Crippen molar-refractivity contribution >= 4 is 34.3 Å². The second kappa shape index (κ2) is 8.09. The molecule has 0 fully saturated rings. The Labute approximate surface area is 171 Å². The Hall–Kier alpha value is -3.50. The number of carboxylic acids is 1. The van der Waals surface area contributed by atoms with Gasteiger partial charge >= 0.3 is 5.97 Å². The molecular formula is C20H22N4O6. The second-order valence-corrected chi connectivity index (χ2v) is 7.20. The van der Waals surface area contributed by atoms with E-state index >= 15 is 0 Å². The molecule has 1 unspecified atom stereocenters. The summed E-state index contributed by atoms with van der Waals surface area (Å²) in [4.78, 5) is 26.0. The van der Waals surface area contributed by atoms with Crippen molar-refractivity contribution in [2.75, 3.05) is 27.2 Å². The van der Waals surface area contributed by atoms with Crippen LogP contribution in [0.4, 0.5) is 0 Å². The smallest absolute Gasteiger partial charge is 0.337 e. The molecule has 1 aromatic heterocycles. The number of rotatable bonds is 6. The summed E-state index contributed by atoms with van der Waals surface area (Å²) in [5.74, 6) is -2.21. The Bertz CT molecular complexity index is 1180. The van der Waals surface area contributed by atoms with Crippen LogP contribution < -0.4 is 0 Å². The zero-order valence-electron chi connectivity index (χ0n) is 16.7. The molecule has 0 aliphatic rings. The van der Waals surface area contributed by atoms with Crippen molar-refractivity contribution in [3.8, 4) is 17.2 Å². The molecular weight excluding hydrogens is 392 g/mol. The fraction of sp³-hybridized carbons (Fsp3) is 0.300. The third-order valence-electron chi connectivity index (χ3n) is 4.59. The molecule has 2 aromatic carbocycles. The van der Waals surface area contributed by atoms with Crippen molar-refractivity contribution in [2.45, 2.75) is 13.0 Å².